The Morgan fingerprint density at radius 2 is 2.25 bits per heavy atom. The van der Waals surface area contributed by atoms with E-state index >= 15 is 0 Å². The summed E-state index contributed by atoms with van der Waals surface area (Å²) in [4.78, 5) is 10.3. The van der Waals surface area contributed by atoms with E-state index in [9.17, 15) is 4.79 Å². The zero-order valence-corrected chi connectivity index (χ0v) is 9.45. The van der Waals surface area contributed by atoms with Crippen molar-refractivity contribution in [2.24, 2.45) is 0 Å². The molecule has 0 saturated heterocycles. The Morgan fingerprint density at radius 1 is 1.44 bits per heavy atom. The highest BCUT2D eigenvalue weighted by Crippen LogP contribution is 2.28. The summed E-state index contributed by atoms with van der Waals surface area (Å²) in [6.45, 7) is 1.36. The molecule has 0 fully saturated rings. The van der Waals surface area contributed by atoms with Crippen LogP contribution >= 0.6 is 0 Å². The van der Waals surface area contributed by atoms with Gasteiger partial charge in [0.05, 0.1) is 12.8 Å². The molecule has 1 amide bonds. The zero-order valence-electron chi connectivity index (χ0n) is 9.45. The molecule has 2 N–H and O–H groups in total. The molecule has 5 nitrogen and oxygen atoms in total. The van der Waals surface area contributed by atoms with Gasteiger partial charge in [0, 0.05) is 12.6 Å². The average Bonchev–Trinajstić information content (AvgIpc) is 2.31. The van der Waals surface area contributed by atoms with Gasteiger partial charge in [0.25, 0.3) is 0 Å². The van der Waals surface area contributed by atoms with Crippen LogP contribution in [-0.2, 0) is 4.79 Å². The second kappa shape index (κ2) is 6.68. The summed E-state index contributed by atoms with van der Waals surface area (Å²) in [6.07, 6.45) is 0.611. The van der Waals surface area contributed by atoms with E-state index in [0.717, 1.165) is 6.54 Å². The number of anilines is 1. The third kappa shape index (κ3) is 3.43. The van der Waals surface area contributed by atoms with Crippen LogP contribution in [0, 0.1) is 0 Å². The number of carbonyl (C=O) groups is 1. The lowest BCUT2D eigenvalue weighted by Gasteiger charge is -2.10. The summed E-state index contributed by atoms with van der Waals surface area (Å²) in [7, 11) is 3.41. The Labute approximate surface area is 94.7 Å². The lowest BCUT2D eigenvalue weighted by molar-refractivity contribution is -0.105. The number of hydrogen-bond acceptors (Lipinski definition) is 4. The van der Waals surface area contributed by atoms with Crippen molar-refractivity contribution in [2.45, 2.75) is 0 Å². The van der Waals surface area contributed by atoms with Crippen molar-refractivity contribution in [3.8, 4) is 11.5 Å². The predicted octanol–water partition coefficient (Wildman–Crippen LogP) is 0.862. The molecule has 1 aromatic carbocycles. The monoisotopic (exact) mass is 224 g/mol. The summed E-state index contributed by atoms with van der Waals surface area (Å²) in [5.41, 5.74) is 0.624. The highest BCUT2D eigenvalue weighted by Gasteiger charge is 2.04. The van der Waals surface area contributed by atoms with Gasteiger partial charge in [-0.25, -0.2) is 0 Å². The first-order valence-electron chi connectivity index (χ1n) is 4.97. The molecule has 0 aliphatic rings. The molecule has 1 aromatic rings. The number of ether oxygens (including phenoxy) is 2. The molecule has 0 aromatic heterocycles. The average molecular weight is 224 g/mol. The van der Waals surface area contributed by atoms with Crippen molar-refractivity contribution in [3.63, 3.8) is 0 Å². The maximum Gasteiger partial charge on any atom is 0.211 e. The predicted molar refractivity (Wildman–Crippen MR) is 62.1 cm³/mol. The van der Waals surface area contributed by atoms with Crippen molar-refractivity contribution >= 4 is 12.1 Å². The summed E-state index contributed by atoms with van der Waals surface area (Å²) in [5, 5.41) is 5.53. The van der Waals surface area contributed by atoms with Gasteiger partial charge >= 0.3 is 0 Å². The van der Waals surface area contributed by atoms with Gasteiger partial charge in [0.1, 0.15) is 18.1 Å². The van der Waals surface area contributed by atoms with E-state index in [0.29, 0.717) is 30.2 Å². The van der Waals surface area contributed by atoms with Crippen LogP contribution in [0.4, 0.5) is 5.69 Å². The van der Waals surface area contributed by atoms with Crippen molar-refractivity contribution in [3.05, 3.63) is 18.2 Å². The summed E-state index contributed by atoms with van der Waals surface area (Å²) >= 11 is 0. The number of benzene rings is 1. The van der Waals surface area contributed by atoms with Crippen LogP contribution < -0.4 is 20.1 Å². The molecule has 5 heteroatoms. The summed E-state index contributed by atoms with van der Waals surface area (Å²) in [5.74, 6) is 1.29. The highest BCUT2D eigenvalue weighted by atomic mass is 16.5. The fourth-order valence-electron chi connectivity index (χ4n) is 1.22. The van der Waals surface area contributed by atoms with Gasteiger partial charge in [0.2, 0.25) is 6.41 Å². The molecule has 0 heterocycles. The number of methoxy groups -OCH3 is 1. The van der Waals surface area contributed by atoms with Crippen molar-refractivity contribution in [1.82, 2.24) is 5.32 Å². The standard InChI is InChI=1S/C11H16N2O3/c1-12-5-6-16-9-3-4-10(13-8-14)11(7-9)15-2/h3-4,7-8,12H,5-6H2,1-2H3,(H,13,14). The quantitative estimate of drug-likeness (QED) is 0.533. The zero-order chi connectivity index (χ0) is 11.8. The molecule has 0 radical (unpaired) electrons. The van der Waals surface area contributed by atoms with Crippen LogP contribution in [0.15, 0.2) is 18.2 Å². The Morgan fingerprint density at radius 3 is 2.88 bits per heavy atom. The SMILES string of the molecule is CNCCOc1ccc(NC=O)c(OC)c1. The fraction of sp³-hybridized carbons (Fsp3) is 0.364. The number of nitrogens with one attached hydrogen (secondary N) is 2. The number of rotatable bonds is 7. The van der Waals surface area contributed by atoms with E-state index in [4.69, 9.17) is 9.47 Å². The minimum Gasteiger partial charge on any atom is -0.494 e. The first kappa shape index (κ1) is 12.3. The molecular formula is C11H16N2O3. The molecule has 88 valence electrons. The van der Waals surface area contributed by atoms with Crippen molar-refractivity contribution in [1.29, 1.82) is 0 Å². The Hall–Kier alpha value is -1.75. The van der Waals surface area contributed by atoms with E-state index in [1.54, 1.807) is 25.3 Å². The lowest BCUT2D eigenvalue weighted by atomic mass is 10.2. The smallest absolute Gasteiger partial charge is 0.211 e. The van der Waals surface area contributed by atoms with Crippen LogP contribution in [0.5, 0.6) is 11.5 Å². The first-order valence-corrected chi connectivity index (χ1v) is 4.97. The first-order chi connectivity index (χ1) is 7.81. The molecule has 0 unspecified atom stereocenters. The van der Waals surface area contributed by atoms with Crippen LogP contribution in [-0.4, -0.2) is 33.7 Å². The Balaban J connectivity index is 2.70. The van der Waals surface area contributed by atoms with Gasteiger partial charge in [0.15, 0.2) is 0 Å². The Kier molecular flexibility index (Phi) is 5.15. The van der Waals surface area contributed by atoms with Crippen LogP contribution in [0.1, 0.15) is 0 Å². The van der Waals surface area contributed by atoms with Crippen LogP contribution in [0.2, 0.25) is 0 Å². The van der Waals surface area contributed by atoms with Crippen LogP contribution in [0.25, 0.3) is 0 Å². The van der Waals surface area contributed by atoms with Crippen molar-refractivity contribution < 1.29 is 14.3 Å². The van der Waals surface area contributed by atoms with Gasteiger partial charge in [-0.3, -0.25) is 4.79 Å². The van der Waals surface area contributed by atoms with Crippen molar-refractivity contribution in [2.75, 3.05) is 32.6 Å². The maximum absolute atomic E-state index is 10.3. The van der Waals surface area contributed by atoms with E-state index in [2.05, 4.69) is 10.6 Å². The molecule has 0 saturated carbocycles. The third-order valence-electron chi connectivity index (χ3n) is 2.01. The van der Waals surface area contributed by atoms with E-state index in [1.807, 2.05) is 7.05 Å². The van der Waals surface area contributed by atoms with Gasteiger partial charge in [-0.05, 0) is 19.2 Å². The van der Waals surface area contributed by atoms with E-state index in [1.165, 1.54) is 0 Å². The molecule has 0 atom stereocenters. The molecule has 1 rings (SSSR count). The minimum atomic E-state index is 0.578. The molecule has 0 spiro atoms. The summed E-state index contributed by atoms with van der Waals surface area (Å²) in [6, 6.07) is 5.26. The highest BCUT2D eigenvalue weighted by molar-refractivity contribution is 5.75. The third-order valence-corrected chi connectivity index (χ3v) is 2.01. The molecular weight excluding hydrogens is 208 g/mol. The van der Waals surface area contributed by atoms with Crippen LogP contribution in [0.3, 0.4) is 0 Å². The number of amides is 1. The number of hydrogen-bond donors (Lipinski definition) is 2. The lowest BCUT2D eigenvalue weighted by Crippen LogP contribution is -2.15. The summed E-state index contributed by atoms with van der Waals surface area (Å²) < 4.78 is 10.6. The largest absolute Gasteiger partial charge is 0.494 e. The fourth-order valence-corrected chi connectivity index (χ4v) is 1.22. The minimum absolute atomic E-state index is 0.578. The van der Waals surface area contributed by atoms with Gasteiger partial charge in [-0.2, -0.15) is 0 Å². The van der Waals surface area contributed by atoms with Gasteiger partial charge in [-0.15, -0.1) is 0 Å². The second-order valence-corrected chi connectivity index (χ2v) is 3.08. The maximum atomic E-state index is 10.3. The number of carbonyl (C=O) groups excluding carboxylic acids is 1. The molecule has 0 bridgehead atoms. The molecule has 0 aliphatic heterocycles. The topological polar surface area (TPSA) is 59.6 Å². The van der Waals surface area contributed by atoms with E-state index in [-0.39, 0.29) is 0 Å². The van der Waals surface area contributed by atoms with E-state index < -0.39 is 0 Å². The molecule has 16 heavy (non-hydrogen) atoms. The van der Waals surface area contributed by atoms with Gasteiger partial charge in [-0.1, -0.05) is 0 Å². The second-order valence-electron chi connectivity index (χ2n) is 3.08. The molecule has 0 aliphatic carbocycles. The van der Waals surface area contributed by atoms with Gasteiger partial charge < -0.3 is 20.1 Å². The number of likely N-dealkylation sites (N-methyl/N-ethyl adjacent to an activating group) is 1. The Bertz CT molecular complexity index is 342. The normalized spacial score (nSPS) is 9.62.